The molecule has 0 fully saturated rings. The molecule has 0 aromatic heterocycles. The third-order valence-electron chi connectivity index (χ3n) is 3.64. The van der Waals surface area contributed by atoms with Gasteiger partial charge in [-0.2, -0.15) is 5.10 Å². The van der Waals surface area contributed by atoms with Crippen LogP contribution in [0.1, 0.15) is 41.8 Å². The number of carbonyl (C=O) groups excluding carboxylic acids is 1. The molecular formula is C19H21ClN2O2. The summed E-state index contributed by atoms with van der Waals surface area (Å²) in [5.74, 6) is 0.0879. The molecule has 0 spiro atoms. The Morgan fingerprint density at radius 1 is 1.21 bits per heavy atom. The summed E-state index contributed by atoms with van der Waals surface area (Å²) in [6.45, 7) is 4.00. The molecule has 0 atom stereocenters. The van der Waals surface area contributed by atoms with Crippen molar-refractivity contribution in [3.05, 3.63) is 64.2 Å². The van der Waals surface area contributed by atoms with E-state index in [1.807, 2.05) is 19.1 Å². The van der Waals surface area contributed by atoms with Crippen molar-refractivity contribution in [2.45, 2.75) is 26.7 Å². The predicted octanol–water partition coefficient (Wildman–Crippen LogP) is 4.46. The summed E-state index contributed by atoms with van der Waals surface area (Å²) in [4.78, 5) is 12.3. The highest BCUT2D eigenvalue weighted by molar-refractivity contribution is 6.31. The third kappa shape index (κ3) is 4.59. The minimum atomic E-state index is -0.365. The van der Waals surface area contributed by atoms with Crippen LogP contribution in [0.5, 0.6) is 5.75 Å². The summed E-state index contributed by atoms with van der Waals surface area (Å²) in [5.41, 5.74) is 5.88. The van der Waals surface area contributed by atoms with Gasteiger partial charge in [-0.25, -0.2) is 5.43 Å². The smallest absolute Gasteiger partial charge is 0.275 e. The molecule has 2 aromatic carbocycles. The fourth-order valence-corrected chi connectivity index (χ4v) is 2.49. The van der Waals surface area contributed by atoms with E-state index in [2.05, 4.69) is 29.6 Å². The fourth-order valence-electron chi connectivity index (χ4n) is 2.32. The van der Waals surface area contributed by atoms with E-state index in [4.69, 9.17) is 16.3 Å². The van der Waals surface area contributed by atoms with Crippen LogP contribution in [0.3, 0.4) is 0 Å². The second-order valence-corrected chi connectivity index (χ2v) is 5.87. The van der Waals surface area contributed by atoms with Gasteiger partial charge in [-0.3, -0.25) is 4.79 Å². The molecule has 0 bridgehead atoms. The number of nitrogens with zero attached hydrogens (tertiary/aromatic N) is 1. The maximum atomic E-state index is 12.3. The Morgan fingerprint density at radius 3 is 2.54 bits per heavy atom. The Kier molecular flexibility index (Phi) is 6.38. The van der Waals surface area contributed by atoms with E-state index in [1.165, 1.54) is 12.7 Å². The molecule has 1 N–H and O–H groups in total. The number of nitrogens with one attached hydrogen (secondary N) is 1. The lowest BCUT2D eigenvalue weighted by molar-refractivity contribution is 0.0952. The maximum absolute atomic E-state index is 12.3. The maximum Gasteiger partial charge on any atom is 0.275 e. The largest absolute Gasteiger partial charge is 0.496 e. The minimum absolute atomic E-state index is 0.347. The van der Waals surface area contributed by atoms with Gasteiger partial charge in [-0.05, 0) is 42.7 Å². The first kappa shape index (κ1) is 18.0. The van der Waals surface area contributed by atoms with Crippen molar-refractivity contribution in [1.29, 1.82) is 0 Å². The first-order valence-electron chi connectivity index (χ1n) is 7.82. The van der Waals surface area contributed by atoms with Crippen molar-refractivity contribution in [1.82, 2.24) is 5.43 Å². The van der Waals surface area contributed by atoms with Gasteiger partial charge in [-0.15, -0.1) is 0 Å². The molecule has 0 radical (unpaired) electrons. The van der Waals surface area contributed by atoms with Gasteiger partial charge in [0.2, 0.25) is 0 Å². The molecule has 0 saturated heterocycles. The minimum Gasteiger partial charge on any atom is -0.496 e. The summed E-state index contributed by atoms with van der Waals surface area (Å²) < 4.78 is 5.18. The number of hydrogen-bond donors (Lipinski definition) is 1. The number of benzene rings is 2. The van der Waals surface area contributed by atoms with Gasteiger partial charge in [0.15, 0.2) is 0 Å². The van der Waals surface area contributed by atoms with Gasteiger partial charge in [0, 0.05) is 5.02 Å². The molecule has 0 saturated carbocycles. The summed E-state index contributed by atoms with van der Waals surface area (Å²) in [7, 11) is 1.51. The Balaban J connectivity index is 2.11. The highest BCUT2D eigenvalue weighted by atomic mass is 35.5. The van der Waals surface area contributed by atoms with E-state index in [-0.39, 0.29) is 5.91 Å². The van der Waals surface area contributed by atoms with Gasteiger partial charge < -0.3 is 4.74 Å². The molecule has 0 heterocycles. The van der Waals surface area contributed by atoms with Crippen molar-refractivity contribution < 1.29 is 9.53 Å². The number of amides is 1. The molecular weight excluding hydrogens is 324 g/mol. The van der Waals surface area contributed by atoms with Crippen LogP contribution in [0.2, 0.25) is 5.02 Å². The fraction of sp³-hybridized carbons (Fsp3) is 0.263. The molecule has 0 aliphatic carbocycles. The molecule has 1 amide bonds. The number of halogens is 1. The van der Waals surface area contributed by atoms with Gasteiger partial charge in [0.25, 0.3) is 5.91 Å². The van der Waals surface area contributed by atoms with E-state index < -0.39 is 0 Å². The van der Waals surface area contributed by atoms with Crippen LogP contribution in [0.4, 0.5) is 0 Å². The number of carbonyl (C=O) groups is 1. The average molecular weight is 345 g/mol. The topological polar surface area (TPSA) is 50.7 Å². The Hall–Kier alpha value is -2.33. The number of hydrazone groups is 1. The van der Waals surface area contributed by atoms with Crippen molar-refractivity contribution in [2.24, 2.45) is 5.10 Å². The van der Waals surface area contributed by atoms with Gasteiger partial charge in [-0.1, -0.05) is 49.2 Å². The Bertz CT molecular complexity index is 740. The second kappa shape index (κ2) is 8.50. The SMILES string of the molecule is CCCc1ccc(C(C)=NNC(=O)c2cc(Cl)ccc2OC)cc1. The van der Waals surface area contributed by atoms with Crippen LogP contribution in [0, 0.1) is 0 Å². The van der Waals surface area contributed by atoms with Crippen LogP contribution in [-0.2, 0) is 6.42 Å². The van der Waals surface area contributed by atoms with Gasteiger partial charge in [0.05, 0.1) is 18.4 Å². The van der Waals surface area contributed by atoms with Crippen molar-refractivity contribution in [3.8, 4) is 5.75 Å². The number of rotatable bonds is 6. The summed E-state index contributed by atoms with van der Waals surface area (Å²) in [5, 5.41) is 4.64. The summed E-state index contributed by atoms with van der Waals surface area (Å²) in [6.07, 6.45) is 2.17. The molecule has 2 aromatic rings. The number of aryl methyl sites for hydroxylation is 1. The quantitative estimate of drug-likeness (QED) is 0.621. The first-order chi connectivity index (χ1) is 11.5. The van der Waals surface area contributed by atoms with E-state index >= 15 is 0 Å². The monoisotopic (exact) mass is 344 g/mol. The summed E-state index contributed by atoms with van der Waals surface area (Å²) >= 11 is 5.95. The van der Waals surface area contributed by atoms with Crippen molar-refractivity contribution >= 4 is 23.2 Å². The lowest BCUT2D eigenvalue weighted by atomic mass is 10.1. The van der Waals surface area contributed by atoms with E-state index in [9.17, 15) is 4.79 Å². The summed E-state index contributed by atoms with van der Waals surface area (Å²) in [6, 6.07) is 13.1. The lowest BCUT2D eigenvalue weighted by Gasteiger charge is -2.08. The molecule has 5 heteroatoms. The second-order valence-electron chi connectivity index (χ2n) is 5.43. The zero-order valence-corrected chi connectivity index (χ0v) is 14.9. The standard InChI is InChI=1S/C19H21ClN2O2/c1-4-5-14-6-8-15(9-7-14)13(2)21-22-19(23)17-12-16(20)10-11-18(17)24-3/h6-12H,4-5H2,1-3H3,(H,22,23). The van der Waals surface area contributed by atoms with Crippen LogP contribution in [-0.4, -0.2) is 18.7 Å². The molecule has 24 heavy (non-hydrogen) atoms. The zero-order valence-electron chi connectivity index (χ0n) is 14.1. The van der Waals surface area contributed by atoms with Crippen LogP contribution in [0.15, 0.2) is 47.6 Å². The molecule has 0 unspecified atom stereocenters. The molecule has 126 valence electrons. The molecule has 2 rings (SSSR count). The van der Waals surface area contributed by atoms with Crippen LogP contribution < -0.4 is 10.2 Å². The van der Waals surface area contributed by atoms with Crippen molar-refractivity contribution in [2.75, 3.05) is 7.11 Å². The van der Waals surface area contributed by atoms with Crippen LogP contribution >= 0.6 is 11.6 Å². The number of ether oxygens (including phenoxy) is 1. The number of hydrogen-bond acceptors (Lipinski definition) is 3. The molecule has 0 aliphatic rings. The van der Waals surface area contributed by atoms with Gasteiger partial charge in [0.1, 0.15) is 5.75 Å². The normalized spacial score (nSPS) is 11.2. The van der Waals surface area contributed by atoms with Crippen molar-refractivity contribution in [3.63, 3.8) is 0 Å². The van der Waals surface area contributed by atoms with E-state index in [0.29, 0.717) is 16.3 Å². The highest BCUT2D eigenvalue weighted by Crippen LogP contribution is 2.22. The molecule has 4 nitrogen and oxygen atoms in total. The predicted molar refractivity (Wildman–Crippen MR) is 98.1 cm³/mol. The average Bonchev–Trinajstić information content (AvgIpc) is 2.60. The third-order valence-corrected chi connectivity index (χ3v) is 3.88. The molecule has 0 aliphatic heterocycles. The Labute approximate surface area is 147 Å². The Morgan fingerprint density at radius 2 is 1.92 bits per heavy atom. The van der Waals surface area contributed by atoms with Gasteiger partial charge >= 0.3 is 0 Å². The van der Waals surface area contributed by atoms with E-state index in [1.54, 1.807) is 18.2 Å². The van der Waals surface area contributed by atoms with Crippen LogP contribution in [0.25, 0.3) is 0 Å². The first-order valence-corrected chi connectivity index (χ1v) is 8.20. The lowest BCUT2D eigenvalue weighted by Crippen LogP contribution is -2.20. The number of methoxy groups -OCH3 is 1. The van der Waals surface area contributed by atoms with E-state index in [0.717, 1.165) is 24.1 Å². The highest BCUT2D eigenvalue weighted by Gasteiger charge is 2.12. The zero-order chi connectivity index (χ0) is 17.5.